The first-order valence-electron chi connectivity index (χ1n) is 8.63. The van der Waals surface area contributed by atoms with Gasteiger partial charge in [-0.1, -0.05) is 23.8 Å². The van der Waals surface area contributed by atoms with Crippen molar-refractivity contribution in [2.75, 3.05) is 6.16 Å². The number of rotatable bonds is 2. The molecule has 1 atom stereocenters. The van der Waals surface area contributed by atoms with Gasteiger partial charge in [-0.25, -0.2) is 0 Å². The molecule has 0 bridgehead atoms. The molecule has 1 heterocycles. The highest BCUT2D eigenvalue weighted by Crippen LogP contribution is 2.55. The van der Waals surface area contributed by atoms with E-state index in [0.29, 0.717) is 16.7 Å². The summed E-state index contributed by atoms with van der Waals surface area (Å²) in [5.41, 5.74) is 2.32. The molecule has 0 spiro atoms. The smallest absolute Gasteiger partial charge is 0.319 e. The quantitative estimate of drug-likeness (QED) is 0.433. The number of carbonyl (C=O) groups excluding carboxylic acids is 3. The number of fused-ring (bicyclic) bond motifs is 1. The lowest BCUT2D eigenvalue weighted by Gasteiger charge is -2.17. The minimum Gasteiger partial charge on any atom is -0.425 e. The number of hydrogen-bond acceptors (Lipinski definition) is 5. The van der Waals surface area contributed by atoms with Crippen molar-refractivity contribution in [3.8, 4) is 5.75 Å². The van der Waals surface area contributed by atoms with Crippen LogP contribution in [-0.2, 0) is 9.36 Å². The number of aryl methyl sites for hydroxylation is 5. The highest BCUT2D eigenvalue weighted by molar-refractivity contribution is 7.96. The Hall–Kier alpha value is -2.52. The van der Waals surface area contributed by atoms with E-state index in [0.717, 1.165) is 11.1 Å². The van der Waals surface area contributed by atoms with Crippen molar-refractivity contribution in [2.24, 2.45) is 0 Å². The molecule has 2 aromatic carbocycles. The van der Waals surface area contributed by atoms with Crippen molar-refractivity contribution >= 4 is 24.2 Å². The monoisotopic (exact) mass is 384 g/mol. The Kier molecular flexibility index (Phi) is 4.69. The van der Waals surface area contributed by atoms with Gasteiger partial charge in [0.15, 0.2) is 0 Å². The molecule has 0 N–H and O–H groups in total. The van der Waals surface area contributed by atoms with Crippen LogP contribution >= 0.6 is 7.14 Å². The van der Waals surface area contributed by atoms with Gasteiger partial charge < -0.3 is 9.30 Å². The van der Waals surface area contributed by atoms with E-state index in [1.807, 2.05) is 6.92 Å². The van der Waals surface area contributed by atoms with Crippen molar-refractivity contribution in [2.45, 2.75) is 34.6 Å². The first-order valence-corrected chi connectivity index (χ1v) is 10.5. The van der Waals surface area contributed by atoms with Gasteiger partial charge in [0.25, 0.3) is 0 Å². The van der Waals surface area contributed by atoms with Crippen LogP contribution in [-0.4, -0.2) is 23.2 Å². The largest absolute Gasteiger partial charge is 0.425 e. The Balaban J connectivity index is 2.23. The molecule has 1 unspecified atom stereocenters. The van der Waals surface area contributed by atoms with Gasteiger partial charge in [0.1, 0.15) is 11.9 Å². The van der Waals surface area contributed by atoms with Crippen LogP contribution in [0, 0.1) is 34.6 Å². The lowest BCUT2D eigenvalue weighted by Crippen LogP contribution is -2.19. The van der Waals surface area contributed by atoms with Crippen LogP contribution in [0.4, 0.5) is 0 Å². The van der Waals surface area contributed by atoms with Gasteiger partial charge in [-0.3, -0.25) is 14.4 Å². The van der Waals surface area contributed by atoms with Crippen LogP contribution in [0.3, 0.4) is 0 Å². The average molecular weight is 384 g/mol. The van der Waals surface area contributed by atoms with Gasteiger partial charge >= 0.3 is 5.97 Å². The SMILES string of the molecule is Cc1cc(C)c(C(=O)P2(=O)CC(=O)Oc3cc(C)cc(C)c3C2=O)c(C)c1. The third-order valence-corrected chi connectivity index (χ3v) is 7.24. The lowest BCUT2D eigenvalue weighted by molar-refractivity contribution is -0.131. The van der Waals surface area contributed by atoms with Crippen molar-refractivity contribution in [1.82, 2.24) is 0 Å². The van der Waals surface area contributed by atoms with E-state index in [2.05, 4.69) is 0 Å². The van der Waals surface area contributed by atoms with E-state index in [1.165, 1.54) is 0 Å². The molecule has 0 amide bonds. The molecule has 1 aliphatic heterocycles. The predicted octanol–water partition coefficient (Wildman–Crippen LogP) is 4.49. The maximum Gasteiger partial charge on any atom is 0.319 e. The van der Waals surface area contributed by atoms with Gasteiger partial charge in [-0.05, 0) is 62.9 Å². The summed E-state index contributed by atoms with van der Waals surface area (Å²) in [6.45, 7) is 8.86. The molecule has 3 rings (SSSR count). The Morgan fingerprint density at radius 1 is 0.889 bits per heavy atom. The second-order valence-corrected chi connectivity index (χ2v) is 9.82. The summed E-state index contributed by atoms with van der Waals surface area (Å²) >= 11 is 0. The molecule has 0 saturated carbocycles. The third-order valence-electron chi connectivity index (χ3n) is 4.78. The van der Waals surface area contributed by atoms with Gasteiger partial charge in [0.2, 0.25) is 18.2 Å². The summed E-state index contributed by atoms with van der Waals surface area (Å²) in [4.78, 5) is 38.8. The van der Waals surface area contributed by atoms with Crippen LogP contribution in [0.15, 0.2) is 24.3 Å². The molecule has 27 heavy (non-hydrogen) atoms. The van der Waals surface area contributed by atoms with E-state index in [1.54, 1.807) is 52.0 Å². The Bertz CT molecular complexity index is 1040. The van der Waals surface area contributed by atoms with E-state index in [9.17, 15) is 18.9 Å². The number of ether oxygens (including phenoxy) is 1. The van der Waals surface area contributed by atoms with Crippen molar-refractivity contribution in [3.05, 3.63) is 63.2 Å². The lowest BCUT2D eigenvalue weighted by atomic mass is 10.0. The second kappa shape index (κ2) is 6.58. The summed E-state index contributed by atoms with van der Waals surface area (Å²) < 4.78 is 19.0. The predicted molar refractivity (Wildman–Crippen MR) is 103 cm³/mol. The molecule has 6 heteroatoms. The van der Waals surface area contributed by atoms with Crippen LogP contribution in [0.2, 0.25) is 0 Å². The summed E-state index contributed by atoms with van der Waals surface area (Å²) in [6, 6.07) is 6.90. The number of hydrogen-bond donors (Lipinski definition) is 0. The van der Waals surface area contributed by atoms with E-state index < -0.39 is 30.3 Å². The maximum absolute atomic E-state index is 13.7. The van der Waals surface area contributed by atoms with Gasteiger partial charge in [0.05, 0.1) is 5.56 Å². The first kappa shape index (κ1) is 19.2. The minimum atomic E-state index is -4.21. The fraction of sp³-hybridized carbons (Fsp3) is 0.286. The van der Waals surface area contributed by atoms with Crippen LogP contribution < -0.4 is 4.74 Å². The highest BCUT2D eigenvalue weighted by Gasteiger charge is 2.47. The van der Waals surface area contributed by atoms with E-state index in [4.69, 9.17) is 4.74 Å². The third kappa shape index (κ3) is 3.17. The molecule has 140 valence electrons. The maximum atomic E-state index is 13.7. The fourth-order valence-corrected chi connectivity index (χ4v) is 6.00. The Morgan fingerprint density at radius 2 is 1.41 bits per heavy atom. The minimum absolute atomic E-state index is 0.0607. The molecule has 2 aromatic rings. The van der Waals surface area contributed by atoms with Crippen LogP contribution in [0.5, 0.6) is 5.75 Å². The number of carbonyl (C=O) groups is 3. The van der Waals surface area contributed by atoms with Crippen LogP contribution in [0.1, 0.15) is 48.5 Å². The summed E-state index contributed by atoms with van der Waals surface area (Å²) in [6.07, 6.45) is -0.718. The van der Waals surface area contributed by atoms with E-state index >= 15 is 0 Å². The molecule has 0 aromatic heterocycles. The zero-order valence-electron chi connectivity index (χ0n) is 16.0. The fourth-order valence-electron chi connectivity index (χ4n) is 3.73. The molecular weight excluding hydrogens is 363 g/mol. The Morgan fingerprint density at radius 3 is 2.00 bits per heavy atom. The van der Waals surface area contributed by atoms with Gasteiger partial charge in [-0.2, -0.15) is 0 Å². The highest BCUT2D eigenvalue weighted by atomic mass is 31.2. The van der Waals surface area contributed by atoms with Gasteiger partial charge in [-0.15, -0.1) is 0 Å². The first-order chi connectivity index (χ1) is 12.5. The topological polar surface area (TPSA) is 77.5 Å². The summed E-state index contributed by atoms with van der Waals surface area (Å²) in [7, 11) is -4.21. The van der Waals surface area contributed by atoms with Crippen molar-refractivity contribution in [3.63, 3.8) is 0 Å². The Labute approximate surface area is 158 Å². The number of benzene rings is 2. The molecule has 0 aliphatic carbocycles. The molecule has 0 radical (unpaired) electrons. The summed E-state index contributed by atoms with van der Waals surface area (Å²) in [5, 5.41) is 0. The van der Waals surface area contributed by atoms with Gasteiger partial charge in [0, 0.05) is 5.56 Å². The molecule has 1 aliphatic rings. The molecule has 0 saturated heterocycles. The zero-order valence-corrected chi connectivity index (χ0v) is 16.9. The van der Waals surface area contributed by atoms with Crippen LogP contribution in [0.25, 0.3) is 0 Å². The molecular formula is C21H21O5P. The van der Waals surface area contributed by atoms with Crippen molar-refractivity contribution < 1.29 is 23.7 Å². The zero-order chi connectivity index (χ0) is 20.1. The van der Waals surface area contributed by atoms with Crippen molar-refractivity contribution in [1.29, 1.82) is 0 Å². The molecule has 0 fully saturated rings. The normalized spacial score (nSPS) is 19.3. The number of esters is 1. The average Bonchev–Trinajstić information content (AvgIpc) is 2.61. The molecule has 5 nitrogen and oxygen atoms in total. The summed E-state index contributed by atoms with van der Waals surface area (Å²) in [5.74, 6) is -0.753. The van der Waals surface area contributed by atoms with E-state index in [-0.39, 0.29) is 16.9 Å². The standard InChI is InChI=1S/C21H21O5P/c1-11-6-13(3)18(14(4)7-11)20(23)27(25)10-17(22)26-16-9-12(2)8-15(5)19(16)21(27)24/h6-9H,10H2,1-5H3. The second-order valence-electron chi connectivity index (χ2n) is 7.21.